The molecule has 5 nitrogen and oxygen atoms in total. The summed E-state index contributed by atoms with van der Waals surface area (Å²) in [6, 6.07) is 1.31. The second-order valence-electron chi connectivity index (χ2n) is 4.41. The fourth-order valence-corrected chi connectivity index (χ4v) is 1.60. The lowest BCUT2D eigenvalue weighted by Crippen LogP contribution is -2.44. The Morgan fingerprint density at radius 3 is 1.81 bits per heavy atom. The standard InChI is InChI=1S/C12H5F9O5/c13-10(14,15)7(11(16,17)18)9(24)25-5-3-1-2-4(8(22)23)6(5)26-12(19,20)21/h1-3,7H,(H,22,23)/p-1. The van der Waals surface area contributed by atoms with Crippen LogP contribution in [0.15, 0.2) is 18.2 Å². The van der Waals surface area contributed by atoms with Crippen molar-refractivity contribution in [3.63, 3.8) is 0 Å². The third-order valence-corrected chi connectivity index (χ3v) is 2.52. The van der Waals surface area contributed by atoms with E-state index < -0.39 is 53.6 Å². The lowest BCUT2D eigenvalue weighted by Gasteiger charge is -2.22. The number of hydrogen-bond donors (Lipinski definition) is 0. The van der Waals surface area contributed by atoms with Crippen molar-refractivity contribution in [1.29, 1.82) is 0 Å². The Kier molecular flexibility index (Phi) is 5.68. The summed E-state index contributed by atoms with van der Waals surface area (Å²) in [6.45, 7) is 0. The zero-order valence-corrected chi connectivity index (χ0v) is 11.8. The van der Waals surface area contributed by atoms with E-state index in [9.17, 15) is 54.2 Å². The van der Waals surface area contributed by atoms with Crippen molar-refractivity contribution in [1.82, 2.24) is 0 Å². The van der Waals surface area contributed by atoms with Gasteiger partial charge in [-0.3, -0.25) is 4.79 Å². The van der Waals surface area contributed by atoms with E-state index in [1.807, 2.05) is 0 Å². The average molecular weight is 399 g/mol. The molecule has 0 aliphatic heterocycles. The van der Waals surface area contributed by atoms with Gasteiger partial charge in [0.05, 0.1) is 5.97 Å². The van der Waals surface area contributed by atoms with Crippen molar-refractivity contribution in [3.8, 4) is 11.5 Å². The van der Waals surface area contributed by atoms with Gasteiger partial charge in [-0.15, -0.1) is 13.2 Å². The van der Waals surface area contributed by atoms with Crippen LogP contribution in [0.3, 0.4) is 0 Å². The summed E-state index contributed by atoms with van der Waals surface area (Å²) in [5, 5.41) is 10.7. The van der Waals surface area contributed by atoms with Crippen LogP contribution in [-0.2, 0) is 4.79 Å². The van der Waals surface area contributed by atoms with Crippen LogP contribution in [0.25, 0.3) is 0 Å². The highest BCUT2D eigenvalue weighted by Gasteiger charge is 2.62. The van der Waals surface area contributed by atoms with E-state index in [-0.39, 0.29) is 0 Å². The highest BCUT2D eigenvalue weighted by molar-refractivity contribution is 5.91. The maximum Gasteiger partial charge on any atom is 0.573 e. The van der Waals surface area contributed by atoms with E-state index in [4.69, 9.17) is 0 Å². The molecule has 0 N–H and O–H groups in total. The number of halogens is 9. The van der Waals surface area contributed by atoms with E-state index in [1.54, 1.807) is 0 Å². The van der Waals surface area contributed by atoms with Gasteiger partial charge >= 0.3 is 24.7 Å². The van der Waals surface area contributed by atoms with Crippen LogP contribution in [0.1, 0.15) is 10.4 Å². The number of hydrogen-bond acceptors (Lipinski definition) is 5. The molecule has 1 aromatic carbocycles. The molecule has 0 spiro atoms. The Morgan fingerprint density at radius 2 is 1.42 bits per heavy atom. The molecule has 0 saturated heterocycles. The summed E-state index contributed by atoms with van der Waals surface area (Å²) in [4.78, 5) is 22.0. The molecule has 0 aliphatic carbocycles. The molecule has 1 rings (SSSR count). The van der Waals surface area contributed by atoms with Gasteiger partial charge in [-0.05, 0) is 12.1 Å². The molecule has 1 aromatic rings. The van der Waals surface area contributed by atoms with Crippen LogP contribution >= 0.6 is 0 Å². The summed E-state index contributed by atoms with van der Waals surface area (Å²) in [7, 11) is 0. The van der Waals surface area contributed by atoms with E-state index >= 15 is 0 Å². The molecule has 0 saturated carbocycles. The van der Waals surface area contributed by atoms with Crippen LogP contribution in [0.5, 0.6) is 11.5 Å². The summed E-state index contributed by atoms with van der Waals surface area (Å²) >= 11 is 0. The highest BCUT2D eigenvalue weighted by Crippen LogP contribution is 2.42. The minimum absolute atomic E-state index is 0.301. The maximum absolute atomic E-state index is 12.4. The van der Waals surface area contributed by atoms with Gasteiger partial charge in [0.15, 0.2) is 11.5 Å². The quantitative estimate of drug-likeness (QED) is 0.442. The monoisotopic (exact) mass is 399 g/mol. The first-order valence-corrected chi connectivity index (χ1v) is 5.99. The molecule has 0 heterocycles. The van der Waals surface area contributed by atoms with Crippen molar-refractivity contribution in [2.75, 3.05) is 0 Å². The van der Waals surface area contributed by atoms with Gasteiger partial charge in [0, 0.05) is 5.56 Å². The fourth-order valence-electron chi connectivity index (χ4n) is 1.60. The number of alkyl halides is 9. The Labute approximate surface area is 136 Å². The molecule has 0 unspecified atom stereocenters. The van der Waals surface area contributed by atoms with Gasteiger partial charge in [0.25, 0.3) is 0 Å². The van der Waals surface area contributed by atoms with E-state index in [1.165, 1.54) is 0 Å². The van der Waals surface area contributed by atoms with E-state index in [0.29, 0.717) is 18.2 Å². The van der Waals surface area contributed by atoms with Crippen LogP contribution < -0.4 is 14.6 Å². The number of aromatic carboxylic acids is 1. The normalized spacial score (nSPS) is 12.8. The van der Waals surface area contributed by atoms with Crippen LogP contribution in [0.2, 0.25) is 0 Å². The fraction of sp³-hybridized carbons (Fsp3) is 0.333. The average Bonchev–Trinajstić information content (AvgIpc) is 2.34. The van der Waals surface area contributed by atoms with Crippen molar-refractivity contribution in [3.05, 3.63) is 23.8 Å². The summed E-state index contributed by atoms with van der Waals surface area (Å²) < 4.78 is 118. The molecule has 14 heteroatoms. The molecule has 0 radical (unpaired) electrons. The third-order valence-electron chi connectivity index (χ3n) is 2.52. The highest BCUT2D eigenvalue weighted by atomic mass is 19.4. The predicted molar refractivity (Wildman–Crippen MR) is 58.7 cm³/mol. The number of rotatable bonds is 4. The maximum atomic E-state index is 12.4. The minimum Gasteiger partial charge on any atom is -0.545 e. The van der Waals surface area contributed by atoms with E-state index in [0.717, 1.165) is 0 Å². The van der Waals surface area contributed by atoms with Crippen molar-refractivity contribution in [2.45, 2.75) is 18.7 Å². The van der Waals surface area contributed by atoms with Gasteiger partial charge in [0.2, 0.25) is 5.92 Å². The predicted octanol–water partition coefficient (Wildman–Crippen LogP) is 2.59. The molecule has 0 atom stereocenters. The molecular formula is C12H4F9O5-. The molecular weight excluding hydrogens is 395 g/mol. The second kappa shape index (κ2) is 6.92. The SMILES string of the molecule is O=C([O-])c1cccc(OC(=O)C(C(F)(F)F)C(F)(F)F)c1OC(F)(F)F. The number of carbonyl (C=O) groups is 2. The Hall–Kier alpha value is -2.67. The van der Waals surface area contributed by atoms with Crippen molar-refractivity contribution in [2.24, 2.45) is 5.92 Å². The number of carboxylic acid groups (broad SMARTS) is 1. The van der Waals surface area contributed by atoms with Gasteiger partial charge in [-0.1, -0.05) is 6.07 Å². The van der Waals surface area contributed by atoms with Gasteiger partial charge in [-0.2, -0.15) is 26.3 Å². The van der Waals surface area contributed by atoms with Crippen LogP contribution in [0.4, 0.5) is 39.5 Å². The summed E-state index contributed by atoms with van der Waals surface area (Å²) in [5.41, 5.74) is -1.43. The first kappa shape index (κ1) is 21.4. The largest absolute Gasteiger partial charge is 0.573 e. The zero-order valence-electron chi connectivity index (χ0n) is 11.8. The molecule has 0 fully saturated rings. The number of esters is 1. The summed E-state index contributed by atoms with van der Waals surface area (Å²) in [6.07, 6.45) is -18.0. The Balaban J connectivity index is 3.37. The molecule has 0 bridgehead atoms. The van der Waals surface area contributed by atoms with E-state index in [2.05, 4.69) is 9.47 Å². The molecule has 0 aromatic heterocycles. The molecule has 26 heavy (non-hydrogen) atoms. The van der Waals surface area contributed by atoms with Crippen molar-refractivity contribution < 1.29 is 63.7 Å². The van der Waals surface area contributed by atoms with Gasteiger partial charge < -0.3 is 19.4 Å². The van der Waals surface area contributed by atoms with Crippen molar-refractivity contribution >= 4 is 11.9 Å². The van der Waals surface area contributed by atoms with Crippen LogP contribution in [-0.4, -0.2) is 30.7 Å². The Morgan fingerprint density at radius 1 is 0.923 bits per heavy atom. The summed E-state index contributed by atoms with van der Waals surface area (Å²) in [5.74, 6) is -13.5. The lowest BCUT2D eigenvalue weighted by molar-refractivity contribution is -0.282. The third kappa shape index (κ3) is 5.42. The number of para-hydroxylation sites is 1. The zero-order chi connectivity index (χ0) is 20.5. The number of ether oxygens (including phenoxy) is 2. The first-order valence-electron chi connectivity index (χ1n) is 5.99. The van der Waals surface area contributed by atoms with Gasteiger partial charge in [0.1, 0.15) is 0 Å². The topological polar surface area (TPSA) is 75.7 Å². The Bertz CT molecular complexity index is 676. The number of carboxylic acids is 1. The van der Waals surface area contributed by atoms with Crippen LogP contribution in [0, 0.1) is 5.92 Å². The molecule has 146 valence electrons. The first-order chi connectivity index (χ1) is 11.5. The minimum atomic E-state index is -6.17. The molecule has 0 aliphatic rings. The second-order valence-corrected chi connectivity index (χ2v) is 4.41. The lowest BCUT2D eigenvalue weighted by atomic mass is 10.1. The smallest absolute Gasteiger partial charge is 0.545 e. The number of benzene rings is 1. The van der Waals surface area contributed by atoms with Gasteiger partial charge in [-0.25, -0.2) is 0 Å². The molecule has 0 amide bonds. The number of carbonyl (C=O) groups excluding carboxylic acids is 2.